The average molecular weight is 644 g/mol. The number of piperazine rings is 1. The van der Waals surface area contributed by atoms with Gasteiger partial charge in [-0.3, -0.25) is 19.6 Å². The van der Waals surface area contributed by atoms with Crippen LogP contribution in [0.1, 0.15) is 68.3 Å². The third-order valence-electron chi connectivity index (χ3n) is 8.91. The standard InChI is InChI=1S/C33H31F2N7O5/c1-17-15-39(25(45)11-6-18(2)43)12-13-40(17)31-21-14-23(35)29(26-22(34)4-3-5-24(26)44)42(47)32(21)41(33(46)38-31)30-27(19-7-8-19)36-16-37-28(30)20-9-10-20/h3-6,11,14,16-17,19-20,47H,7-10,12-13,15H2,1-2H3/b11-6+,29-26?/t17-/m0/s1. The van der Waals surface area contributed by atoms with Gasteiger partial charge >= 0.3 is 5.69 Å². The Hall–Kier alpha value is -5.11. The van der Waals surface area contributed by atoms with Crippen molar-refractivity contribution in [3.63, 3.8) is 0 Å². The Bertz CT molecular complexity index is 1920. The molecule has 2 aromatic heterocycles. The second kappa shape index (κ2) is 11.6. The zero-order valence-electron chi connectivity index (χ0n) is 25.7. The van der Waals surface area contributed by atoms with Gasteiger partial charge in [-0.25, -0.2) is 33.2 Å². The predicted octanol–water partition coefficient (Wildman–Crippen LogP) is 3.73. The predicted molar refractivity (Wildman–Crippen MR) is 166 cm³/mol. The Kier molecular flexibility index (Phi) is 7.54. The van der Waals surface area contributed by atoms with Gasteiger partial charge in [0.2, 0.25) is 5.91 Å². The number of allylic oxidation sites excluding steroid dienone is 7. The van der Waals surface area contributed by atoms with Gasteiger partial charge in [-0.05, 0) is 63.8 Å². The van der Waals surface area contributed by atoms with Crippen LogP contribution in [0, 0.1) is 0 Å². The molecule has 2 saturated carbocycles. The number of hydrogen-bond acceptors (Lipinski definition) is 10. The van der Waals surface area contributed by atoms with E-state index in [1.54, 1.807) is 16.7 Å². The van der Waals surface area contributed by atoms with Crippen LogP contribution in [0.3, 0.4) is 0 Å². The molecule has 2 aromatic rings. The number of halogens is 2. The fourth-order valence-electron chi connectivity index (χ4n) is 6.35. The quantitative estimate of drug-likeness (QED) is 0.463. The molecule has 12 nitrogen and oxygen atoms in total. The molecule has 242 valence electrons. The number of rotatable bonds is 6. The highest BCUT2D eigenvalue weighted by Gasteiger charge is 2.41. The van der Waals surface area contributed by atoms with E-state index in [1.807, 2.05) is 0 Å². The lowest BCUT2D eigenvalue weighted by atomic mass is 9.98. The monoisotopic (exact) mass is 643 g/mol. The van der Waals surface area contributed by atoms with Gasteiger partial charge < -0.3 is 9.80 Å². The summed E-state index contributed by atoms with van der Waals surface area (Å²) in [5.41, 5.74) is -0.682. The number of aromatic nitrogens is 4. The molecule has 0 unspecified atom stereocenters. The Labute approximate surface area is 267 Å². The summed E-state index contributed by atoms with van der Waals surface area (Å²) in [6.45, 7) is 3.74. The van der Waals surface area contributed by atoms with E-state index < -0.39 is 40.4 Å². The Balaban J connectivity index is 1.42. The summed E-state index contributed by atoms with van der Waals surface area (Å²) >= 11 is 0. The van der Waals surface area contributed by atoms with Crippen LogP contribution in [0.4, 0.5) is 20.4 Å². The first-order chi connectivity index (χ1) is 22.5. The molecular formula is C33H31F2N7O5. The summed E-state index contributed by atoms with van der Waals surface area (Å²) < 4.78 is 32.4. The van der Waals surface area contributed by atoms with Crippen molar-refractivity contribution in [2.45, 2.75) is 57.4 Å². The molecule has 7 rings (SSSR count). The number of hydrogen-bond donors (Lipinski definition) is 1. The van der Waals surface area contributed by atoms with Crippen LogP contribution in [0.25, 0.3) is 11.8 Å². The van der Waals surface area contributed by atoms with Crippen molar-refractivity contribution < 1.29 is 28.4 Å². The zero-order chi connectivity index (χ0) is 33.1. The van der Waals surface area contributed by atoms with Crippen LogP contribution >= 0.6 is 0 Å². The van der Waals surface area contributed by atoms with Gasteiger partial charge in [0.1, 0.15) is 23.7 Å². The molecule has 1 saturated heterocycles. The highest BCUT2D eigenvalue weighted by atomic mass is 19.1. The summed E-state index contributed by atoms with van der Waals surface area (Å²) in [4.78, 5) is 67.9. The minimum atomic E-state index is -1.11. The first-order valence-electron chi connectivity index (χ1n) is 15.5. The van der Waals surface area contributed by atoms with Gasteiger partial charge in [-0.15, -0.1) is 0 Å². The lowest BCUT2D eigenvalue weighted by Crippen LogP contribution is -2.54. The maximum absolute atomic E-state index is 16.1. The van der Waals surface area contributed by atoms with E-state index in [2.05, 4.69) is 15.0 Å². The number of nitrogens with zero attached hydrogens (tertiary/aromatic N) is 7. The number of hydroxylamine groups is 1. The Morgan fingerprint density at radius 2 is 1.68 bits per heavy atom. The lowest BCUT2D eigenvalue weighted by molar-refractivity contribution is -0.127. The van der Waals surface area contributed by atoms with E-state index >= 15 is 8.78 Å². The fraction of sp³-hybridized carbons (Fsp3) is 0.364. The number of anilines is 2. The van der Waals surface area contributed by atoms with Gasteiger partial charge in [-0.2, -0.15) is 4.98 Å². The molecule has 5 aliphatic rings. The molecule has 14 heteroatoms. The van der Waals surface area contributed by atoms with E-state index in [-0.39, 0.29) is 60.4 Å². The van der Waals surface area contributed by atoms with Gasteiger partial charge in [0.15, 0.2) is 23.2 Å². The maximum Gasteiger partial charge on any atom is 0.355 e. The van der Waals surface area contributed by atoms with Gasteiger partial charge in [0.05, 0.1) is 28.2 Å². The summed E-state index contributed by atoms with van der Waals surface area (Å²) in [5, 5.41) is 12.2. The molecule has 1 amide bonds. The highest BCUT2D eigenvalue weighted by molar-refractivity contribution is 6.10. The maximum atomic E-state index is 16.1. The van der Waals surface area contributed by atoms with Crippen LogP contribution in [-0.2, 0) is 14.4 Å². The number of fused-ring (bicyclic) bond motifs is 1. The average Bonchev–Trinajstić information content (AvgIpc) is 3.95. The summed E-state index contributed by atoms with van der Waals surface area (Å²) in [5.74, 6) is -3.74. The molecule has 1 N–H and O–H groups in total. The molecule has 0 spiro atoms. The summed E-state index contributed by atoms with van der Waals surface area (Å²) in [6, 6.07) is -0.428. The van der Waals surface area contributed by atoms with Crippen LogP contribution < -0.4 is 15.7 Å². The molecule has 4 heterocycles. The van der Waals surface area contributed by atoms with Crippen molar-refractivity contribution in [2.24, 2.45) is 0 Å². The van der Waals surface area contributed by atoms with Crippen LogP contribution in [-0.4, -0.2) is 72.8 Å². The first kappa shape index (κ1) is 30.5. The number of ketones is 2. The van der Waals surface area contributed by atoms with Crippen LogP contribution in [0.5, 0.6) is 0 Å². The third kappa shape index (κ3) is 5.41. The van der Waals surface area contributed by atoms with E-state index in [4.69, 9.17) is 0 Å². The van der Waals surface area contributed by atoms with Gasteiger partial charge in [0, 0.05) is 43.6 Å². The van der Waals surface area contributed by atoms with Crippen molar-refractivity contribution in [1.82, 2.24) is 24.4 Å². The molecule has 3 fully saturated rings. The molecule has 0 radical (unpaired) electrons. The topological polar surface area (TPSA) is 142 Å². The van der Waals surface area contributed by atoms with Gasteiger partial charge in [-0.1, -0.05) is 6.08 Å². The molecule has 47 heavy (non-hydrogen) atoms. The molecule has 0 bridgehead atoms. The number of carbonyl (C=O) groups excluding carboxylic acids is 3. The van der Waals surface area contributed by atoms with Crippen molar-refractivity contribution in [1.29, 1.82) is 0 Å². The first-order valence-corrected chi connectivity index (χ1v) is 15.5. The van der Waals surface area contributed by atoms with Crippen LogP contribution in [0.2, 0.25) is 0 Å². The zero-order valence-corrected chi connectivity index (χ0v) is 25.7. The normalized spacial score (nSPS) is 22.9. The van der Waals surface area contributed by atoms with E-state index in [1.165, 1.54) is 31.5 Å². The summed E-state index contributed by atoms with van der Waals surface area (Å²) in [7, 11) is 0. The summed E-state index contributed by atoms with van der Waals surface area (Å²) in [6.07, 6.45) is 11.5. The lowest BCUT2D eigenvalue weighted by Gasteiger charge is -2.41. The Morgan fingerprint density at radius 3 is 2.28 bits per heavy atom. The van der Waals surface area contributed by atoms with Crippen molar-refractivity contribution in [3.05, 3.63) is 87.1 Å². The van der Waals surface area contributed by atoms with E-state index in [0.29, 0.717) is 22.1 Å². The van der Waals surface area contributed by atoms with Crippen molar-refractivity contribution in [3.8, 4) is 5.69 Å². The smallest absolute Gasteiger partial charge is 0.350 e. The van der Waals surface area contributed by atoms with Gasteiger partial charge in [0.25, 0.3) is 0 Å². The minimum absolute atomic E-state index is 0.0209. The molecule has 0 aromatic carbocycles. The molecule has 2 aliphatic heterocycles. The van der Waals surface area contributed by atoms with Crippen LogP contribution in [0.15, 0.2) is 64.4 Å². The number of amides is 1. The second-order valence-corrected chi connectivity index (χ2v) is 12.4. The SMILES string of the molecule is CC(=O)/C=C/C(=O)N1CCN(c2nc(=O)n(-c3c(C4CC4)ncnc3C3CC3)c3c2C=C(F)C(=C2C(=O)C=CC=C2F)N3O)[C@@H](C)C1. The minimum Gasteiger partial charge on any atom is -0.350 e. The van der Waals surface area contributed by atoms with Crippen molar-refractivity contribution in [2.75, 3.05) is 29.6 Å². The molecular weight excluding hydrogens is 612 g/mol. The molecule has 1 atom stereocenters. The van der Waals surface area contributed by atoms with E-state index in [9.17, 15) is 24.4 Å². The van der Waals surface area contributed by atoms with Crippen molar-refractivity contribution >= 4 is 35.2 Å². The Morgan fingerprint density at radius 1 is 1.00 bits per heavy atom. The van der Waals surface area contributed by atoms with E-state index in [0.717, 1.165) is 48.5 Å². The second-order valence-electron chi connectivity index (χ2n) is 12.4. The fourth-order valence-corrected chi connectivity index (χ4v) is 6.35. The largest absolute Gasteiger partial charge is 0.355 e. The highest BCUT2D eigenvalue weighted by Crippen LogP contribution is 2.49. The molecule has 3 aliphatic carbocycles. The third-order valence-corrected chi connectivity index (χ3v) is 8.91. The number of carbonyl (C=O) groups is 3.